The van der Waals surface area contributed by atoms with Crippen molar-refractivity contribution in [3.63, 3.8) is 0 Å². The number of nitrogens with one attached hydrogen (secondary N) is 1. The van der Waals surface area contributed by atoms with Crippen LogP contribution in [0, 0.1) is 13.8 Å². The number of nitrogens with zero attached hydrogens (tertiary/aromatic N) is 2. The number of amides is 1. The lowest BCUT2D eigenvalue weighted by molar-refractivity contribution is -0.117. The van der Waals surface area contributed by atoms with Crippen molar-refractivity contribution in [2.75, 3.05) is 49.5 Å². The summed E-state index contributed by atoms with van der Waals surface area (Å²) in [5.41, 5.74) is 4.72. The molecular weight excluding hydrogens is 446 g/mol. The van der Waals surface area contributed by atoms with Gasteiger partial charge in [0.1, 0.15) is 10.6 Å². The van der Waals surface area contributed by atoms with Crippen LogP contribution in [-0.2, 0) is 9.53 Å². The molecule has 2 heterocycles. The lowest BCUT2D eigenvalue weighted by Gasteiger charge is -2.36. The molecule has 1 aromatic heterocycles. The molecule has 0 radical (unpaired) electrons. The number of piperazine rings is 1. The molecule has 0 saturated carbocycles. The van der Waals surface area contributed by atoms with Crippen LogP contribution in [0.1, 0.15) is 27.7 Å². The van der Waals surface area contributed by atoms with Crippen molar-refractivity contribution >= 4 is 33.9 Å². The fourth-order valence-electron chi connectivity index (χ4n) is 4.42. The number of carbonyl (C=O) groups excluding carboxylic acids is 2. The minimum Gasteiger partial charge on any atom is -0.462 e. The molecule has 6 nitrogen and oxygen atoms in total. The highest BCUT2D eigenvalue weighted by atomic mass is 32.1. The Kier molecular flexibility index (Phi) is 7.65. The van der Waals surface area contributed by atoms with Crippen LogP contribution in [-0.4, -0.2) is 56.1 Å². The average molecular weight is 478 g/mol. The minimum atomic E-state index is -0.409. The van der Waals surface area contributed by atoms with Gasteiger partial charge in [-0.3, -0.25) is 9.69 Å². The van der Waals surface area contributed by atoms with E-state index in [1.165, 1.54) is 22.6 Å². The van der Waals surface area contributed by atoms with Crippen LogP contribution < -0.4 is 10.2 Å². The number of esters is 1. The van der Waals surface area contributed by atoms with Crippen LogP contribution in [0.5, 0.6) is 0 Å². The summed E-state index contributed by atoms with van der Waals surface area (Å²) in [5.74, 6) is -0.524. The Hall–Kier alpha value is -3.16. The standard InChI is InChI=1S/C27H31N3O3S/c1-4-33-27(32)25-24(21-11-6-5-7-12-21)20(3)34-26(25)28-23(31)18-29-14-16-30(17-15-29)22-13-9-8-10-19(22)2/h5-13H,4,14-18H2,1-3H3,(H,28,31). The topological polar surface area (TPSA) is 61.9 Å². The molecular formula is C27H31N3O3S. The highest BCUT2D eigenvalue weighted by molar-refractivity contribution is 7.17. The number of hydrogen-bond acceptors (Lipinski definition) is 6. The summed E-state index contributed by atoms with van der Waals surface area (Å²) < 4.78 is 5.34. The van der Waals surface area contributed by atoms with Gasteiger partial charge in [0.05, 0.1) is 13.2 Å². The summed E-state index contributed by atoms with van der Waals surface area (Å²) in [5, 5.41) is 3.56. The maximum Gasteiger partial charge on any atom is 0.341 e. The van der Waals surface area contributed by atoms with E-state index in [1.807, 2.05) is 37.3 Å². The van der Waals surface area contributed by atoms with Gasteiger partial charge in [-0.1, -0.05) is 48.5 Å². The quantitative estimate of drug-likeness (QED) is 0.487. The first kappa shape index (κ1) is 24.0. The van der Waals surface area contributed by atoms with E-state index in [9.17, 15) is 9.59 Å². The van der Waals surface area contributed by atoms with Crippen LogP contribution >= 0.6 is 11.3 Å². The Morgan fingerprint density at radius 1 is 0.971 bits per heavy atom. The van der Waals surface area contributed by atoms with Gasteiger partial charge in [-0.2, -0.15) is 0 Å². The molecule has 2 aromatic carbocycles. The van der Waals surface area contributed by atoms with Gasteiger partial charge in [-0.05, 0) is 38.0 Å². The molecule has 34 heavy (non-hydrogen) atoms. The third kappa shape index (κ3) is 5.32. The summed E-state index contributed by atoms with van der Waals surface area (Å²) in [7, 11) is 0. The third-order valence-corrected chi connectivity index (χ3v) is 7.10. The second kappa shape index (κ2) is 10.8. The maximum absolute atomic E-state index is 13.0. The van der Waals surface area contributed by atoms with Crippen molar-refractivity contribution < 1.29 is 14.3 Å². The van der Waals surface area contributed by atoms with Gasteiger partial charge in [-0.15, -0.1) is 11.3 Å². The van der Waals surface area contributed by atoms with Crippen LogP contribution in [0.4, 0.5) is 10.7 Å². The molecule has 4 rings (SSSR count). The summed E-state index contributed by atoms with van der Waals surface area (Å²) >= 11 is 1.42. The smallest absolute Gasteiger partial charge is 0.341 e. The Bertz CT molecular complexity index is 1150. The lowest BCUT2D eigenvalue weighted by atomic mass is 10.0. The predicted octanol–water partition coefficient (Wildman–Crippen LogP) is 4.97. The molecule has 3 aromatic rings. The molecule has 1 aliphatic rings. The minimum absolute atomic E-state index is 0.115. The first-order valence-corrected chi connectivity index (χ1v) is 12.5. The van der Waals surface area contributed by atoms with E-state index >= 15 is 0 Å². The maximum atomic E-state index is 13.0. The summed E-state index contributed by atoms with van der Waals surface area (Å²) in [6.07, 6.45) is 0. The Balaban J connectivity index is 1.45. The molecule has 1 aliphatic heterocycles. The zero-order valence-corrected chi connectivity index (χ0v) is 20.8. The Morgan fingerprint density at radius 2 is 1.65 bits per heavy atom. The molecule has 1 N–H and O–H groups in total. The van der Waals surface area contributed by atoms with Crippen LogP contribution in [0.15, 0.2) is 54.6 Å². The van der Waals surface area contributed by atoms with Crippen LogP contribution in [0.25, 0.3) is 11.1 Å². The van der Waals surface area contributed by atoms with E-state index in [4.69, 9.17) is 4.74 Å². The SMILES string of the molecule is CCOC(=O)c1c(NC(=O)CN2CCN(c3ccccc3C)CC2)sc(C)c1-c1ccccc1. The van der Waals surface area contributed by atoms with Crippen molar-refractivity contribution in [2.24, 2.45) is 0 Å². The van der Waals surface area contributed by atoms with Crippen molar-refractivity contribution in [1.29, 1.82) is 0 Å². The fourth-order valence-corrected chi connectivity index (χ4v) is 5.50. The van der Waals surface area contributed by atoms with Crippen molar-refractivity contribution in [3.8, 4) is 11.1 Å². The number of benzene rings is 2. The summed E-state index contributed by atoms with van der Waals surface area (Å²) in [4.78, 5) is 31.3. The number of thiophene rings is 1. The second-order valence-corrected chi connectivity index (χ2v) is 9.65. The monoisotopic (exact) mass is 477 g/mol. The van der Waals surface area contributed by atoms with Crippen molar-refractivity contribution in [1.82, 2.24) is 4.90 Å². The number of rotatable bonds is 7. The second-order valence-electron chi connectivity index (χ2n) is 8.42. The molecule has 0 spiro atoms. The molecule has 1 amide bonds. The fraction of sp³-hybridized carbons (Fsp3) is 0.333. The van der Waals surface area contributed by atoms with Gasteiger partial charge in [0.25, 0.3) is 0 Å². The molecule has 0 bridgehead atoms. The predicted molar refractivity (Wildman–Crippen MR) is 139 cm³/mol. The summed E-state index contributed by atoms with van der Waals surface area (Å²) in [6, 6.07) is 18.2. The molecule has 0 aliphatic carbocycles. The van der Waals surface area contributed by atoms with Crippen molar-refractivity contribution in [3.05, 3.63) is 70.6 Å². The Labute approximate surface area is 205 Å². The largest absolute Gasteiger partial charge is 0.462 e. The van der Waals surface area contributed by atoms with E-state index in [0.29, 0.717) is 17.1 Å². The zero-order chi connectivity index (χ0) is 24.1. The molecule has 1 fully saturated rings. The van der Waals surface area contributed by atoms with Gasteiger partial charge in [0.2, 0.25) is 5.91 Å². The van der Waals surface area contributed by atoms with Gasteiger partial charge in [0, 0.05) is 42.3 Å². The molecule has 1 saturated heterocycles. The number of hydrogen-bond donors (Lipinski definition) is 1. The van der Waals surface area contributed by atoms with Gasteiger partial charge < -0.3 is 15.0 Å². The lowest BCUT2D eigenvalue weighted by Crippen LogP contribution is -2.48. The van der Waals surface area contributed by atoms with Crippen molar-refractivity contribution in [2.45, 2.75) is 20.8 Å². The van der Waals surface area contributed by atoms with Gasteiger partial charge in [-0.25, -0.2) is 4.79 Å². The van der Waals surface area contributed by atoms with E-state index in [1.54, 1.807) is 6.92 Å². The summed E-state index contributed by atoms with van der Waals surface area (Å²) in [6.45, 7) is 9.83. The molecule has 0 atom stereocenters. The van der Waals surface area contributed by atoms with E-state index in [0.717, 1.165) is 42.2 Å². The van der Waals surface area contributed by atoms with Gasteiger partial charge in [0.15, 0.2) is 0 Å². The van der Waals surface area contributed by atoms with Crippen LogP contribution in [0.3, 0.4) is 0 Å². The van der Waals surface area contributed by atoms with E-state index in [-0.39, 0.29) is 12.5 Å². The van der Waals surface area contributed by atoms with E-state index < -0.39 is 5.97 Å². The normalized spacial score (nSPS) is 14.1. The first-order valence-electron chi connectivity index (χ1n) is 11.7. The number of carbonyl (C=O) groups is 2. The average Bonchev–Trinajstić information content (AvgIpc) is 3.16. The van der Waals surface area contributed by atoms with Crippen LogP contribution in [0.2, 0.25) is 0 Å². The highest BCUT2D eigenvalue weighted by Gasteiger charge is 2.26. The number of aryl methyl sites for hydroxylation is 2. The number of anilines is 2. The molecule has 7 heteroatoms. The molecule has 178 valence electrons. The number of para-hydroxylation sites is 1. The van der Waals surface area contributed by atoms with Gasteiger partial charge >= 0.3 is 5.97 Å². The first-order chi connectivity index (χ1) is 16.5. The number of ether oxygens (including phenoxy) is 1. The third-order valence-electron chi connectivity index (χ3n) is 6.07. The highest BCUT2D eigenvalue weighted by Crippen LogP contribution is 2.40. The van der Waals surface area contributed by atoms with E-state index in [2.05, 4.69) is 46.3 Å². The Morgan fingerprint density at radius 3 is 2.32 bits per heavy atom. The zero-order valence-electron chi connectivity index (χ0n) is 20.0. The molecule has 0 unspecified atom stereocenters.